The average Bonchev–Trinajstić information content (AvgIpc) is 2.39. The molecule has 1 aromatic carbocycles. The predicted octanol–water partition coefficient (Wildman–Crippen LogP) is 3.11. The molecule has 3 heteroatoms. The van der Waals surface area contributed by atoms with Crippen molar-refractivity contribution in [2.75, 3.05) is 7.11 Å². The van der Waals surface area contributed by atoms with Gasteiger partial charge in [0.05, 0.1) is 15.2 Å². The van der Waals surface area contributed by atoms with Crippen molar-refractivity contribution in [3.8, 4) is 0 Å². The number of carbonyl (C=O) groups excluding carboxylic acids is 1. The van der Waals surface area contributed by atoms with Crippen LogP contribution in [0.3, 0.4) is 0 Å². The van der Waals surface area contributed by atoms with Crippen molar-refractivity contribution in [1.82, 2.24) is 0 Å². The molecule has 0 saturated heterocycles. The molecule has 0 bridgehead atoms. The molecule has 0 heterocycles. The summed E-state index contributed by atoms with van der Waals surface area (Å²) in [6.45, 7) is 4.74. The molecule has 0 aliphatic heterocycles. The molecule has 0 amide bonds. The van der Waals surface area contributed by atoms with E-state index in [9.17, 15) is 4.79 Å². The second kappa shape index (κ2) is 7.16. The SMILES string of the molecule is COC(=O)CC/C=C\C[Si](C)(C)c1ccccc1. The van der Waals surface area contributed by atoms with Crippen LogP contribution >= 0.6 is 0 Å². The molecule has 0 aliphatic carbocycles. The summed E-state index contributed by atoms with van der Waals surface area (Å²) in [5.74, 6) is -0.140. The Hall–Kier alpha value is -1.35. The first-order valence-corrected chi connectivity index (χ1v) is 9.54. The summed E-state index contributed by atoms with van der Waals surface area (Å²) in [6, 6.07) is 11.8. The third kappa shape index (κ3) is 4.88. The number of allylic oxidation sites excluding steroid dienone is 2. The Morgan fingerprint density at radius 1 is 1.22 bits per heavy atom. The molecule has 0 atom stereocenters. The lowest BCUT2D eigenvalue weighted by Gasteiger charge is -2.20. The quantitative estimate of drug-likeness (QED) is 0.447. The summed E-state index contributed by atoms with van der Waals surface area (Å²) in [4.78, 5) is 10.9. The fourth-order valence-corrected chi connectivity index (χ4v) is 3.89. The van der Waals surface area contributed by atoms with Crippen LogP contribution in [0.1, 0.15) is 12.8 Å². The lowest BCUT2D eigenvalue weighted by Crippen LogP contribution is -2.40. The van der Waals surface area contributed by atoms with Crippen LogP contribution in [0.4, 0.5) is 0 Å². The molecule has 0 fully saturated rings. The normalized spacial score (nSPS) is 11.7. The number of esters is 1. The number of rotatable bonds is 6. The summed E-state index contributed by atoms with van der Waals surface area (Å²) < 4.78 is 4.60. The van der Waals surface area contributed by atoms with Gasteiger partial charge in [0, 0.05) is 6.42 Å². The molecule has 1 aromatic rings. The van der Waals surface area contributed by atoms with Crippen LogP contribution in [0.5, 0.6) is 0 Å². The minimum absolute atomic E-state index is 0.140. The molecular weight excluding hydrogens is 240 g/mol. The summed E-state index contributed by atoms with van der Waals surface area (Å²) >= 11 is 0. The van der Waals surface area contributed by atoms with Gasteiger partial charge in [-0.15, -0.1) is 0 Å². The van der Waals surface area contributed by atoms with Crippen LogP contribution in [0, 0.1) is 0 Å². The van der Waals surface area contributed by atoms with E-state index in [2.05, 4.69) is 60.3 Å². The van der Waals surface area contributed by atoms with Crippen LogP contribution in [-0.4, -0.2) is 21.2 Å². The fourth-order valence-electron chi connectivity index (χ4n) is 1.81. The van der Waals surface area contributed by atoms with E-state index >= 15 is 0 Å². The second-order valence-electron chi connectivity index (χ2n) is 5.04. The van der Waals surface area contributed by atoms with E-state index in [1.165, 1.54) is 12.3 Å². The van der Waals surface area contributed by atoms with Crippen molar-refractivity contribution in [2.45, 2.75) is 32.0 Å². The van der Waals surface area contributed by atoms with Crippen molar-refractivity contribution in [3.63, 3.8) is 0 Å². The van der Waals surface area contributed by atoms with Gasteiger partial charge >= 0.3 is 5.97 Å². The second-order valence-corrected chi connectivity index (χ2v) is 9.79. The molecule has 0 aromatic heterocycles. The molecule has 2 nitrogen and oxygen atoms in total. The van der Waals surface area contributed by atoms with Gasteiger partial charge in [0.25, 0.3) is 0 Å². The Morgan fingerprint density at radius 3 is 2.50 bits per heavy atom. The lowest BCUT2D eigenvalue weighted by atomic mass is 10.3. The zero-order chi connectivity index (χ0) is 13.4. The van der Waals surface area contributed by atoms with Gasteiger partial charge in [0.1, 0.15) is 0 Å². The van der Waals surface area contributed by atoms with E-state index in [0.717, 1.165) is 12.5 Å². The molecule has 0 radical (unpaired) electrons. The van der Waals surface area contributed by atoms with Gasteiger partial charge in [-0.2, -0.15) is 0 Å². The minimum Gasteiger partial charge on any atom is -0.469 e. The van der Waals surface area contributed by atoms with Crippen LogP contribution in [0.25, 0.3) is 0 Å². The topological polar surface area (TPSA) is 26.3 Å². The highest BCUT2D eigenvalue weighted by Gasteiger charge is 2.20. The van der Waals surface area contributed by atoms with Gasteiger partial charge in [-0.1, -0.05) is 60.8 Å². The molecular formula is C15H22O2Si. The minimum atomic E-state index is -1.37. The van der Waals surface area contributed by atoms with Crippen molar-refractivity contribution >= 4 is 19.2 Å². The summed E-state index contributed by atoms with van der Waals surface area (Å²) in [6.07, 6.45) is 5.54. The zero-order valence-corrected chi connectivity index (χ0v) is 12.5. The molecule has 0 N–H and O–H groups in total. The third-order valence-corrected chi connectivity index (χ3v) is 6.25. The zero-order valence-electron chi connectivity index (χ0n) is 11.5. The molecule has 0 saturated carbocycles. The standard InChI is InChI=1S/C15H22O2Si/c1-17-15(16)12-8-5-9-13-18(2,3)14-10-6-4-7-11-14/h4-7,9-11H,8,12-13H2,1-3H3/b9-5-. The van der Waals surface area contributed by atoms with Gasteiger partial charge in [0.15, 0.2) is 0 Å². The van der Waals surface area contributed by atoms with Crippen molar-refractivity contribution in [2.24, 2.45) is 0 Å². The maximum Gasteiger partial charge on any atom is 0.305 e. The van der Waals surface area contributed by atoms with Crippen molar-refractivity contribution in [3.05, 3.63) is 42.5 Å². The van der Waals surface area contributed by atoms with Crippen LogP contribution in [0.15, 0.2) is 42.5 Å². The fraction of sp³-hybridized carbons (Fsp3) is 0.400. The first-order chi connectivity index (χ1) is 8.56. The number of benzene rings is 1. The maximum atomic E-state index is 10.9. The van der Waals surface area contributed by atoms with Crippen LogP contribution in [-0.2, 0) is 9.53 Å². The van der Waals surface area contributed by atoms with Gasteiger partial charge < -0.3 is 4.74 Å². The monoisotopic (exact) mass is 262 g/mol. The highest BCUT2D eigenvalue weighted by atomic mass is 28.3. The first kappa shape index (κ1) is 14.7. The summed E-state index contributed by atoms with van der Waals surface area (Å²) in [5, 5.41) is 1.47. The Bertz CT molecular complexity index is 396. The maximum absolute atomic E-state index is 10.9. The van der Waals surface area contributed by atoms with E-state index < -0.39 is 8.07 Å². The number of hydrogen-bond donors (Lipinski definition) is 0. The molecule has 0 unspecified atom stereocenters. The third-order valence-electron chi connectivity index (χ3n) is 3.09. The molecule has 1 rings (SSSR count). The van der Waals surface area contributed by atoms with Gasteiger partial charge in [-0.05, 0) is 12.5 Å². The predicted molar refractivity (Wildman–Crippen MR) is 78.8 cm³/mol. The molecule has 0 spiro atoms. The number of methoxy groups -OCH3 is 1. The van der Waals surface area contributed by atoms with Crippen molar-refractivity contribution < 1.29 is 9.53 Å². The average molecular weight is 262 g/mol. The van der Waals surface area contributed by atoms with E-state index in [1.807, 2.05) is 0 Å². The highest BCUT2D eigenvalue weighted by Crippen LogP contribution is 2.11. The molecule has 0 aliphatic rings. The van der Waals surface area contributed by atoms with Gasteiger partial charge in [-0.3, -0.25) is 4.79 Å². The number of ether oxygens (including phenoxy) is 1. The van der Waals surface area contributed by atoms with Crippen LogP contribution < -0.4 is 5.19 Å². The molecule has 98 valence electrons. The Balaban J connectivity index is 2.42. The molecule has 18 heavy (non-hydrogen) atoms. The van der Waals surface area contributed by atoms with Gasteiger partial charge in [0.2, 0.25) is 0 Å². The first-order valence-electron chi connectivity index (χ1n) is 6.33. The Morgan fingerprint density at radius 2 is 1.89 bits per heavy atom. The van der Waals surface area contributed by atoms with E-state index in [-0.39, 0.29) is 5.97 Å². The van der Waals surface area contributed by atoms with E-state index in [4.69, 9.17) is 0 Å². The lowest BCUT2D eigenvalue weighted by molar-refractivity contribution is -0.140. The summed E-state index contributed by atoms with van der Waals surface area (Å²) in [7, 11) is 0.0602. The van der Waals surface area contributed by atoms with E-state index in [0.29, 0.717) is 6.42 Å². The Kier molecular flexibility index (Phi) is 5.85. The van der Waals surface area contributed by atoms with Crippen molar-refractivity contribution in [1.29, 1.82) is 0 Å². The van der Waals surface area contributed by atoms with Gasteiger partial charge in [-0.25, -0.2) is 0 Å². The number of hydrogen-bond acceptors (Lipinski definition) is 2. The van der Waals surface area contributed by atoms with E-state index in [1.54, 1.807) is 0 Å². The van der Waals surface area contributed by atoms with Crippen LogP contribution in [0.2, 0.25) is 19.1 Å². The highest BCUT2D eigenvalue weighted by molar-refractivity contribution is 6.90. The summed E-state index contributed by atoms with van der Waals surface area (Å²) in [5.41, 5.74) is 0. The number of carbonyl (C=O) groups is 1. The largest absolute Gasteiger partial charge is 0.469 e. The Labute approximate surface area is 111 Å². The smallest absolute Gasteiger partial charge is 0.305 e.